The van der Waals surface area contributed by atoms with Crippen molar-refractivity contribution in [1.29, 1.82) is 0 Å². The molecule has 0 bridgehead atoms. The van der Waals surface area contributed by atoms with Crippen LogP contribution in [0.25, 0.3) is 0 Å². The molecule has 3 aliphatic heterocycles. The smallest absolute Gasteiger partial charge is 0.184 e. The minimum atomic E-state index is -0.748. The fourth-order valence-corrected chi connectivity index (χ4v) is 4.32. The Balaban J connectivity index is 1.50. The molecule has 2 atom stereocenters. The molecule has 0 aromatic heterocycles. The number of β-amino-alcohol motifs (C(OH)–C–C–N with tert-alkyl or cyclic N) is 1. The molecule has 8 heteroatoms. The molecule has 1 saturated heterocycles. The summed E-state index contributed by atoms with van der Waals surface area (Å²) in [4.78, 5) is 8.99. The van der Waals surface area contributed by atoms with Crippen molar-refractivity contribution in [2.24, 2.45) is 10.7 Å². The Kier molecular flexibility index (Phi) is 5.35. The van der Waals surface area contributed by atoms with E-state index in [4.69, 9.17) is 15.2 Å². The predicted octanol–water partition coefficient (Wildman–Crippen LogP) is 1.04. The quantitative estimate of drug-likeness (QED) is 0.669. The van der Waals surface area contributed by atoms with E-state index in [9.17, 15) is 5.11 Å². The van der Waals surface area contributed by atoms with E-state index >= 15 is 0 Å². The summed E-state index contributed by atoms with van der Waals surface area (Å²) in [6.07, 6.45) is 3.15. The molecule has 4 rings (SSSR count). The average molecular weight is 390 g/mol. The summed E-state index contributed by atoms with van der Waals surface area (Å²) in [6, 6.07) is 3.86. The molecule has 0 aliphatic carbocycles. The lowest BCUT2D eigenvalue weighted by molar-refractivity contribution is 0.0608. The van der Waals surface area contributed by atoms with Crippen LogP contribution in [0, 0.1) is 0 Å². The number of anilines is 1. The number of nitrogens with zero attached hydrogens (tertiary/aromatic N) is 3. The third-order valence-electron chi connectivity index (χ3n) is 5.70. The number of hydrogen-bond donors (Lipinski definition) is 3. The van der Waals surface area contributed by atoms with Crippen molar-refractivity contribution in [3.63, 3.8) is 0 Å². The molecule has 28 heavy (non-hydrogen) atoms. The van der Waals surface area contributed by atoms with Gasteiger partial charge in [0.2, 0.25) is 0 Å². The zero-order chi connectivity index (χ0) is 19.7. The largest absolute Gasteiger partial charge is 0.491 e. The molecule has 0 radical (unpaired) electrons. The summed E-state index contributed by atoms with van der Waals surface area (Å²) in [6.45, 7) is 6.40. The molecule has 3 aliphatic rings. The first-order valence-corrected chi connectivity index (χ1v) is 10.1. The molecule has 3 heterocycles. The Hall–Kier alpha value is -2.03. The molecular formula is C20H31N5O3. The number of methoxy groups -OCH3 is 1. The molecule has 0 saturated carbocycles. The number of benzene rings is 1. The van der Waals surface area contributed by atoms with Gasteiger partial charge >= 0.3 is 0 Å². The fraction of sp³-hybridized carbons (Fsp3) is 0.650. The number of ether oxygens (including phenoxy) is 2. The van der Waals surface area contributed by atoms with E-state index in [0.29, 0.717) is 18.0 Å². The van der Waals surface area contributed by atoms with Gasteiger partial charge in [0.05, 0.1) is 19.3 Å². The van der Waals surface area contributed by atoms with Gasteiger partial charge in [-0.25, -0.2) is 0 Å². The Morgan fingerprint density at radius 1 is 1.29 bits per heavy atom. The summed E-state index contributed by atoms with van der Waals surface area (Å²) < 4.78 is 11.6. The van der Waals surface area contributed by atoms with Gasteiger partial charge < -0.3 is 29.7 Å². The third kappa shape index (κ3) is 3.64. The molecule has 1 fully saturated rings. The van der Waals surface area contributed by atoms with E-state index < -0.39 is 11.9 Å². The Bertz CT molecular complexity index is 746. The molecule has 0 amide bonds. The minimum absolute atomic E-state index is 0.221. The van der Waals surface area contributed by atoms with Gasteiger partial charge in [0.1, 0.15) is 18.5 Å². The average Bonchev–Trinajstić information content (AvgIpc) is 3.18. The predicted molar refractivity (Wildman–Crippen MR) is 109 cm³/mol. The Morgan fingerprint density at radius 3 is 2.82 bits per heavy atom. The highest BCUT2D eigenvalue weighted by Crippen LogP contribution is 2.43. The first-order chi connectivity index (χ1) is 13.5. The number of nitrogens with two attached hydrogens (primary N) is 1. The van der Waals surface area contributed by atoms with Gasteiger partial charge in [0.15, 0.2) is 17.3 Å². The lowest BCUT2D eigenvalue weighted by Gasteiger charge is -2.43. The van der Waals surface area contributed by atoms with E-state index in [1.807, 2.05) is 19.1 Å². The summed E-state index contributed by atoms with van der Waals surface area (Å²) in [5.74, 6) is 1.32. The standard InChI is InChI=1S/C20H31N5O3/c1-20(21)23-17-15(19-22-8-11-25(19)20)6-7-16(18(17)27-2)28-13-14(26)12-24-9-4-3-5-10-24/h6-7,14,23,26H,3-5,8-13,21H2,1-2H3/t14-,20?/m1/s1. The number of rotatable bonds is 6. The first kappa shape index (κ1) is 19.3. The Morgan fingerprint density at radius 2 is 2.07 bits per heavy atom. The highest BCUT2D eigenvalue weighted by molar-refractivity contribution is 6.08. The second kappa shape index (κ2) is 7.77. The number of likely N-dealkylation sites (tertiary alicyclic amines) is 1. The number of amidine groups is 1. The topological polar surface area (TPSA) is 95.6 Å². The van der Waals surface area contributed by atoms with Gasteiger partial charge in [0.25, 0.3) is 0 Å². The molecule has 1 aromatic rings. The monoisotopic (exact) mass is 389 g/mol. The van der Waals surface area contributed by atoms with Crippen LogP contribution in [0.2, 0.25) is 0 Å². The molecule has 154 valence electrons. The van der Waals surface area contributed by atoms with Gasteiger partial charge in [0, 0.05) is 18.7 Å². The van der Waals surface area contributed by atoms with Crippen LogP contribution in [0.1, 0.15) is 31.7 Å². The highest BCUT2D eigenvalue weighted by atomic mass is 16.5. The van der Waals surface area contributed by atoms with Crippen molar-refractivity contribution < 1.29 is 14.6 Å². The van der Waals surface area contributed by atoms with Gasteiger partial charge in [-0.2, -0.15) is 0 Å². The number of hydrogen-bond acceptors (Lipinski definition) is 8. The van der Waals surface area contributed by atoms with Crippen molar-refractivity contribution in [2.45, 2.75) is 38.1 Å². The summed E-state index contributed by atoms with van der Waals surface area (Å²) >= 11 is 0. The van der Waals surface area contributed by atoms with E-state index in [2.05, 4.69) is 20.1 Å². The number of aliphatic imine (C=N–C) groups is 1. The van der Waals surface area contributed by atoms with E-state index in [-0.39, 0.29) is 6.61 Å². The molecular weight excluding hydrogens is 358 g/mol. The van der Waals surface area contributed by atoms with Gasteiger partial charge in [-0.1, -0.05) is 6.42 Å². The highest BCUT2D eigenvalue weighted by Gasteiger charge is 2.40. The fourth-order valence-electron chi connectivity index (χ4n) is 4.32. The van der Waals surface area contributed by atoms with E-state index in [1.165, 1.54) is 19.3 Å². The SMILES string of the molecule is COc1c(OC[C@H](O)CN2CCCCC2)ccc2c1NC(C)(N)N1CCN=C21. The molecule has 0 spiro atoms. The van der Waals surface area contributed by atoms with Crippen molar-refractivity contribution in [3.8, 4) is 11.5 Å². The second-order valence-electron chi connectivity index (χ2n) is 7.98. The number of nitrogens with one attached hydrogen (secondary N) is 1. The van der Waals surface area contributed by atoms with Crippen LogP contribution < -0.4 is 20.5 Å². The van der Waals surface area contributed by atoms with Gasteiger partial charge in [-0.05, 0) is 45.0 Å². The minimum Gasteiger partial charge on any atom is -0.491 e. The summed E-state index contributed by atoms with van der Waals surface area (Å²) in [5, 5.41) is 13.8. The number of piperidine rings is 1. The zero-order valence-electron chi connectivity index (χ0n) is 16.8. The van der Waals surface area contributed by atoms with Gasteiger partial charge in [-0.15, -0.1) is 0 Å². The van der Waals surface area contributed by atoms with Crippen LogP contribution in [-0.4, -0.2) is 79.1 Å². The van der Waals surface area contributed by atoms with Gasteiger partial charge in [-0.3, -0.25) is 10.7 Å². The van der Waals surface area contributed by atoms with Crippen molar-refractivity contribution in [2.75, 3.05) is 51.8 Å². The summed E-state index contributed by atoms with van der Waals surface area (Å²) in [7, 11) is 1.62. The molecule has 1 unspecified atom stereocenters. The van der Waals surface area contributed by atoms with Crippen LogP contribution in [0.15, 0.2) is 17.1 Å². The second-order valence-corrected chi connectivity index (χ2v) is 7.98. The molecule has 8 nitrogen and oxygen atoms in total. The maximum atomic E-state index is 10.4. The van der Waals surface area contributed by atoms with Crippen molar-refractivity contribution >= 4 is 11.5 Å². The van der Waals surface area contributed by atoms with E-state index in [0.717, 1.165) is 43.3 Å². The molecule has 4 N–H and O–H groups in total. The van der Waals surface area contributed by atoms with Crippen LogP contribution >= 0.6 is 0 Å². The van der Waals surface area contributed by atoms with Crippen LogP contribution in [0.5, 0.6) is 11.5 Å². The zero-order valence-corrected chi connectivity index (χ0v) is 16.8. The lowest BCUT2D eigenvalue weighted by atomic mass is 10.0. The number of aliphatic hydroxyl groups excluding tert-OH is 1. The summed E-state index contributed by atoms with van der Waals surface area (Å²) in [5.41, 5.74) is 8.21. The third-order valence-corrected chi connectivity index (χ3v) is 5.70. The maximum Gasteiger partial charge on any atom is 0.184 e. The Labute approximate surface area is 166 Å². The molecule has 1 aromatic carbocycles. The number of fused-ring (bicyclic) bond motifs is 3. The van der Waals surface area contributed by atoms with E-state index in [1.54, 1.807) is 7.11 Å². The maximum absolute atomic E-state index is 10.4. The van der Waals surface area contributed by atoms with Crippen LogP contribution in [0.3, 0.4) is 0 Å². The van der Waals surface area contributed by atoms with Crippen molar-refractivity contribution in [1.82, 2.24) is 9.80 Å². The lowest BCUT2D eigenvalue weighted by Crippen LogP contribution is -2.63. The normalized spacial score (nSPS) is 25.4. The van der Waals surface area contributed by atoms with Crippen LogP contribution in [0.4, 0.5) is 5.69 Å². The number of aliphatic hydroxyl groups is 1. The van der Waals surface area contributed by atoms with Crippen molar-refractivity contribution in [3.05, 3.63) is 17.7 Å². The first-order valence-electron chi connectivity index (χ1n) is 10.1. The van der Waals surface area contributed by atoms with Crippen LogP contribution in [-0.2, 0) is 0 Å².